The summed E-state index contributed by atoms with van der Waals surface area (Å²) in [6, 6.07) is 59.4. The Kier molecular flexibility index (Phi) is 6.03. The zero-order valence-corrected chi connectivity index (χ0v) is 28.4. The summed E-state index contributed by atoms with van der Waals surface area (Å²) in [5.41, 5.74) is 7.46. The summed E-state index contributed by atoms with van der Waals surface area (Å²) in [6.07, 6.45) is 0. The molecule has 0 atom stereocenters. The minimum Gasteiger partial charge on any atom is -0.453 e. The Hall–Kier alpha value is -5.94. The zero-order valence-electron chi connectivity index (χ0n) is 26.8. The molecule has 0 aliphatic carbocycles. The van der Waals surface area contributed by atoms with Crippen LogP contribution >= 0.6 is 22.7 Å². The SMILES string of the molecule is c1ccc2c(c1)ccc1c3cccc(N(c4ccc(-c5ccc6c(c5)sc5ccccc56)cc4)c4cccc5sc6ccccc6c45)c3oc21. The molecule has 234 valence electrons. The molecule has 0 unspecified atom stereocenters. The predicted molar refractivity (Wildman–Crippen MR) is 217 cm³/mol. The van der Waals surface area contributed by atoms with Gasteiger partial charge in [0.1, 0.15) is 5.58 Å². The summed E-state index contributed by atoms with van der Waals surface area (Å²) in [4.78, 5) is 2.40. The lowest BCUT2D eigenvalue weighted by molar-refractivity contribution is 0.673. The first-order valence-electron chi connectivity index (χ1n) is 16.8. The highest BCUT2D eigenvalue weighted by Crippen LogP contribution is 2.48. The fourth-order valence-corrected chi connectivity index (χ4v) is 10.0. The largest absolute Gasteiger partial charge is 0.453 e. The molecule has 11 aromatic rings. The topological polar surface area (TPSA) is 16.4 Å². The molecular weight excluding hydrogens is 647 g/mol. The zero-order chi connectivity index (χ0) is 32.8. The van der Waals surface area contributed by atoms with Crippen molar-refractivity contribution in [2.24, 2.45) is 0 Å². The Morgan fingerprint density at radius 1 is 0.380 bits per heavy atom. The van der Waals surface area contributed by atoms with E-state index >= 15 is 0 Å². The summed E-state index contributed by atoms with van der Waals surface area (Å²) in [6.45, 7) is 0. The quantitative estimate of drug-likeness (QED) is 0.185. The van der Waals surface area contributed by atoms with E-state index in [0.717, 1.165) is 44.4 Å². The van der Waals surface area contributed by atoms with Crippen molar-refractivity contribution in [3.05, 3.63) is 164 Å². The smallest absolute Gasteiger partial charge is 0.159 e. The van der Waals surface area contributed by atoms with E-state index < -0.39 is 0 Å². The Morgan fingerprint density at radius 3 is 1.86 bits per heavy atom. The van der Waals surface area contributed by atoms with Crippen molar-refractivity contribution >= 4 is 113 Å². The van der Waals surface area contributed by atoms with Gasteiger partial charge in [0.15, 0.2) is 5.58 Å². The van der Waals surface area contributed by atoms with Crippen molar-refractivity contribution in [1.82, 2.24) is 0 Å². The van der Waals surface area contributed by atoms with Crippen LogP contribution in [0.5, 0.6) is 0 Å². The van der Waals surface area contributed by atoms with Crippen LogP contribution in [-0.2, 0) is 0 Å². The van der Waals surface area contributed by atoms with E-state index in [9.17, 15) is 0 Å². The number of fused-ring (bicyclic) bond motifs is 11. The van der Waals surface area contributed by atoms with E-state index in [-0.39, 0.29) is 0 Å². The van der Waals surface area contributed by atoms with Gasteiger partial charge in [0.2, 0.25) is 0 Å². The Balaban J connectivity index is 1.13. The first kappa shape index (κ1) is 28.0. The third-order valence-corrected chi connectivity index (χ3v) is 12.3. The molecule has 3 aromatic heterocycles. The van der Waals surface area contributed by atoms with Gasteiger partial charge in [0.05, 0.1) is 11.4 Å². The van der Waals surface area contributed by atoms with E-state index in [2.05, 4.69) is 169 Å². The summed E-state index contributed by atoms with van der Waals surface area (Å²) in [7, 11) is 0. The van der Waals surface area contributed by atoms with Gasteiger partial charge >= 0.3 is 0 Å². The molecule has 2 nitrogen and oxygen atoms in total. The van der Waals surface area contributed by atoms with Gasteiger partial charge in [-0.05, 0) is 71.1 Å². The van der Waals surface area contributed by atoms with Crippen molar-refractivity contribution in [3.8, 4) is 11.1 Å². The van der Waals surface area contributed by atoms with Crippen LogP contribution in [0.3, 0.4) is 0 Å². The lowest BCUT2D eigenvalue weighted by atomic mass is 10.0. The average Bonchev–Trinajstić information content (AvgIpc) is 3.87. The molecule has 0 spiro atoms. The highest BCUT2D eigenvalue weighted by Gasteiger charge is 2.23. The van der Waals surface area contributed by atoms with E-state index in [1.807, 2.05) is 22.7 Å². The molecule has 0 saturated carbocycles. The minimum absolute atomic E-state index is 0.884. The van der Waals surface area contributed by atoms with Crippen LogP contribution < -0.4 is 4.90 Å². The van der Waals surface area contributed by atoms with Crippen molar-refractivity contribution in [2.45, 2.75) is 0 Å². The molecule has 0 saturated heterocycles. The molecule has 0 amide bonds. The van der Waals surface area contributed by atoms with Gasteiger partial charge in [0.25, 0.3) is 0 Å². The van der Waals surface area contributed by atoms with Crippen LogP contribution in [0.2, 0.25) is 0 Å². The fraction of sp³-hybridized carbons (Fsp3) is 0. The van der Waals surface area contributed by atoms with Crippen molar-refractivity contribution in [2.75, 3.05) is 4.90 Å². The molecule has 0 radical (unpaired) electrons. The van der Waals surface area contributed by atoms with Crippen LogP contribution in [0.25, 0.3) is 84.2 Å². The van der Waals surface area contributed by atoms with Gasteiger partial charge in [-0.1, -0.05) is 109 Å². The maximum Gasteiger partial charge on any atom is 0.159 e. The van der Waals surface area contributed by atoms with Crippen LogP contribution in [0.1, 0.15) is 0 Å². The third kappa shape index (κ3) is 4.13. The molecular formula is C46H27NOS2. The van der Waals surface area contributed by atoms with Gasteiger partial charge in [-0.3, -0.25) is 0 Å². The number of hydrogen-bond acceptors (Lipinski definition) is 4. The average molecular weight is 674 g/mol. The van der Waals surface area contributed by atoms with E-state index in [0.29, 0.717) is 0 Å². The molecule has 50 heavy (non-hydrogen) atoms. The highest BCUT2D eigenvalue weighted by molar-refractivity contribution is 7.26. The first-order valence-corrected chi connectivity index (χ1v) is 18.5. The number of thiophene rings is 2. The second-order valence-electron chi connectivity index (χ2n) is 12.9. The third-order valence-electron chi connectivity index (χ3n) is 10.1. The fourth-order valence-electron chi connectivity index (χ4n) is 7.75. The van der Waals surface area contributed by atoms with Gasteiger partial charge in [0, 0.05) is 62.2 Å². The molecule has 0 aliphatic heterocycles. The van der Waals surface area contributed by atoms with Crippen LogP contribution in [0.15, 0.2) is 168 Å². The van der Waals surface area contributed by atoms with Crippen LogP contribution in [0.4, 0.5) is 17.1 Å². The standard InChI is InChI=1S/C46H27NOS2/c1-2-10-32-29(9-1)21-26-36-35-13-7-15-39(46(35)48-45(32)36)47(38-14-8-18-42-44(38)37-12-4-6-17-41(37)49-42)31-23-19-28(20-24-31)30-22-25-34-33-11-3-5-16-40(33)50-43(34)27-30/h1-27H. The number of nitrogens with zero attached hydrogens (tertiary/aromatic N) is 1. The maximum atomic E-state index is 6.92. The van der Waals surface area contributed by atoms with Crippen LogP contribution in [-0.4, -0.2) is 0 Å². The van der Waals surface area contributed by atoms with Gasteiger partial charge in [-0.15, -0.1) is 22.7 Å². The number of rotatable bonds is 4. The summed E-state index contributed by atoms with van der Waals surface area (Å²) in [5, 5.41) is 9.72. The highest BCUT2D eigenvalue weighted by atomic mass is 32.1. The Morgan fingerprint density at radius 2 is 0.980 bits per heavy atom. The summed E-state index contributed by atoms with van der Waals surface area (Å²) < 4.78 is 12.1. The number of anilines is 3. The number of para-hydroxylation sites is 1. The monoisotopic (exact) mass is 673 g/mol. The lowest BCUT2D eigenvalue weighted by Gasteiger charge is -2.26. The molecule has 3 heterocycles. The van der Waals surface area contributed by atoms with Gasteiger partial charge in [-0.25, -0.2) is 0 Å². The second kappa shape index (κ2) is 10.8. The summed E-state index contributed by atoms with van der Waals surface area (Å²) in [5.74, 6) is 0. The van der Waals surface area contributed by atoms with Crippen LogP contribution in [0, 0.1) is 0 Å². The number of furan rings is 1. The molecule has 4 heteroatoms. The normalized spacial score (nSPS) is 12.0. The Bertz CT molecular complexity index is 3110. The van der Waals surface area contributed by atoms with E-state index in [4.69, 9.17) is 4.42 Å². The number of hydrogen-bond donors (Lipinski definition) is 0. The second-order valence-corrected chi connectivity index (χ2v) is 15.0. The van der Waals surface area contributed by atoms with Gasteiger partial charge < -0.3 is 9.32 Å². The van der Waals surface area contributed by atoms with Gasteiger partial charge in [-0.2, -0.15) is 0 Å². The first-order chi connectivity index (χ1) is 24.8. The minimum atomic E-state index is 0.884. The molecule has 0 fully saturated rings. The molecule has 8 aromatic carbocycles. The lowest BCUT2D eigenvalue weighted by Crippen LogP contribution is -2.10. The Labute approximate surface area is 295 Å². The molecule has 11 rings (SSSR count). The molecule has 0 aliphatic rings. The van der Waals surface area contributed by atoms with E-state index in [1.54, 1.807) is 0 Å². The van der Waals surface area contributed by atoms with Crippen molar-refractivity contribution in [1.29, 1.82) is 0 Å². The van der Waals surface area contributed by atoms with E-state index in [1.165, 1.54) is 56.9 Å². The molecule has 0 N–H and O–H groups in total. The predicted octanol–water partition coefficient (Wildman–Crippen LogP) is 14.6. The van der Waals surface area contributed by atoms with Crippen molar-refractivity contribution in [3.63, 3.8) is 0 Å². The maximum absolute atomic E-state index is 6.92. The molecule has 0 bridgehead atoms. The number of benzene rings is 8. The van der Waals surface area contributed by atoms with Crippen molar-refractivity contribution < 1.29 is 4.42 Å². The summed E-state index contributed by atoms with van der Waals surface area (Å²) >= 11 is 3.71.